The fourth-order valence-corrected chi connectivity index (χ4v) is 14.8. The van der Waals surface area contributed by atoms with Gasteiger partial charge in [-0.05, 0) is 0 Å². The van der Waals surface area contributed by atoms with Crippen molar-refractivity contribution in [1.29, 1.82) is 0 Å². The average Bonchev–Trinajstić information content (AvgIpc) is 2.51. The van der Waals surface area contributed by atoms with Gasteiger partial charge in [-0.1, -0.05) is 0 Å². The zero-order chi connectivity index (χ0) is 12.9. The van der Waals surface area contributed by atoms with E-state index in [2.05, 4.69) is 0 Å². The van der Waals surface area contributed by atoms with Crippen molar-refractivity contribution in [2.75, 3.05) is 0 Å². The molecule has 3 aliphatic carbocycles. The van der Waals surface area contributed by atoms with Crippen molar-refractivity contribution in [2.24, 2.45) is 0 Å². The summed E-state index contributed by atoms with van der Waals surface area (Å²) in [6.45, 7) is 0. The van der Waals surface area contributed by atoms with E-state index in [1.165, 1.54) is 14.1 Å². The molecule has 3 aliphatic rings. The van der Waals surface area contributed by atoms with Gasteiger partial charge in [0.1, 0.15) is 0 Å². The van der Waals surface area contributed by atoms with E-state index in [1.807, 2.05) is 0 Å². The third-order valence-electron chi connectivity index (χ3n) is 5.99. The maximum atomic E-state index is 1.65. The van der Waals surface area contributed by atoms with Crippen LogP contribution in [0.25, 0.3) is 0 Å². The molecule has 0 spiro atoms. The summed E-state index contributed by atoms with van der Waals surface area (Å²) in [5.74, 6) is 0. The first-order valence-corrected chi connectivity index (χ1v) is 12.5. The molecule has 3 rings (SSSR count). The fraction of sp³-hybridized carbons (Fsp3) is 1.00. The Morgan fingerprint density at radius 1 is 0.368 bits per heavy atom. The molecule has 0 heterocycles. The van der Waals surface area contributed by atoms with E-state index in [0.717, 1.165) is 0 Å². The second-order valence-corrected chi connectivity index (χ2v) is 13.8. The molecule has 0 atom stereocenters. The van der Waals surface area contributed by atoms with Crippen molar-refractivity contribution in [1.82, 2.24) is 0 Å². The maximum absolute atomic E-state index is 1.65. The number of hydrogen-bond donors (Lipinski definition) is 0. The number of rotatable bonds is 3. The van der Waals surface area contributed by atoms with Crippen molar-refractivity contribution < 1.29 is 0 Å². The normalized spacial score (nSPS) is 28.9. The minimum atomic E-state index is -0.559. The quantitative estimate of drug-likeness (QED) is 0.521. The molecule has 0 aromatic rings. The van der Waals surface area contributed by atoms with Gasteiger partial charge in [-0.3, -0.25) is 0 Å². The summed E-state index contributed by atoms with van der Waals surface area (Å²) < 4.78 is 3.81. The Morgan fingerprint density at radius 3 is 0.895 bits per heavy atom. The van der Waals surface area contributed by atoms with E-state index in [1.54, 1.807) is 96.3 Å². The number of hydrogen-bond acceptors (Lipinski definition) is 0. The van der Waals surface area contributed by atoms with E-state index in [4.69, 9.17) is 0 Å². The molecule has 0 radical (unpaired) electrons. The second-order valence-electron chi connectivity index (χ2n) is 7.32. The summed E-state index contributed by atoms with van der Waals surface area (Å²) in [6, 6.07) is 0. The van der Waals surface area contributed by atoms with Crippen molar-refractivity contribution in [3.8, 4) is 0 Å². The molecule has 0 N–H and O–H groups in total. The van der Waals surface area contributed by atoms with E-state index in [0.29, 0.717) is 0 Å². The van der Waals surface area contributed by atoms with Crippen LogP contribution in [0.3, 0.4) is 0 Å². The van der Waals surface area contributed by atoms with Gasteiger partial charge in [-0.2, -0.15) is 0 Å². The minimum absolute atomic E-state index is 0.559. The molecule has 110 valence electrons. The first-order chi connectivity index (χ1) is 9.45. The Kier molecular flexibility index (Phi) is 5.75. The molecule has 19 heavy (non-hydrogen) atoms. The van der Waals surface area contributed by atoms with Crippen LogP contribution in [-0.2, 0) is 0 Å². The average molecular weight is 324 g/mol. The van der Waals surface area contributed by atoms with Crippen molar-refractivity contribution in [3.05, 3.63) is 0 Å². The van der Waals surface area contributed by atoms with Gasteiger partial charge in [0, 0.05) is 0 Å². The molecular weight excluding hydrogens is 291 g/mol. The van der Waals surface area contributed by atoms with Crippen molar-refractivity contribution >= 4 is 14.7 Å². The third kappa shape index (κ3) is 3.81. The SMILES string of the molecule is C1CCC([As](C2CCCCC2)C2CCCCC2)CC1. The summed E-state index contributed by atoms with van der Waals surface area (Å²) in [5.41, 5.74) is 0. The summed E-state index contributed by atoms with van der Waals surface area (Å²) in [4.78, 5) is 0. The molecule has 0 aliphatic heterocycles. The first-order valence-electron chi connectivity index (χ1n) is 9.22. The second kappa shape index (κ2) is 7.53. The van der Waals surface area contributed by atoms with E-state index >= 15 is 0 Å². The standard InChI is InChI=1S/C18H33As/c1-4-10-16(11-5-1)19(17-12-6-2-7-13-17)18-14-8-3-9-15-18/h16-18H,1-15H2. The molecule has 0 amide bonds. The van der Waals surface area contributed by atoms with E-state index in [9.17, 15) is 0 Å². The topological polar surface area (TPSA) is 0 Å². The predicted octanol–water partition coefficient (Wildman–Crippen LogP) is 6.48. The molecule has 0 saturated heterocycles. The third-order valence-corrected chi connectivity index (χ3v) is 14.5. The van der Waals surface area contributed by atoms with Crippen molar-refractivity contribution in [2.45, 2.75) is 110 Å². The van der Waals surface area contributed by atoms with Gasteiger partial charge >= 0.3 is 125 Å². The Labute approximate surface area is 125 Å². The molecule has 3 fully saturated rings. The van der Waals surface area contributed by atoms with E-state index < -0.39 is 14.7 Å². The zero-order valence-corrected chi connectivity index (χ0v) is 14.7. The van der Waals surface area contributed by atoms with Gasteiger partial charge in [0.05, 0.1) is 0 Å². The van der Waals surface area contributed by atoms with Crippen LogP contribution in [0.1, 0.15) is 96.3 Å². The molecule has 0 bridgehead atoms. The van der Waals surface area contributed by atoms with Crippen LogP contribution in [0.2, 0.25) is 14.1 Å². The van der Waals surface area contributed by atoms with Gasteiger partial charge in [-0.15, -0.1) is 0 Å². The van der Waals surface area contributed by atoms with Gasteiger partial charge < -0.3 is 0 Å². The van der Waals surface area contributed by atoms with Crippen LogP contribution in [0.15, 0.2) is 0 Å². The summed E-state index contributed by atoms with van der Waals surface area (Å²) in [5, 5.41) is 0. The van der Waals surface area contributed by atoms with Crippen LogP contribution in [-0.4, -0.2) is 14.7 Å². The Morgan fingerprint density at radius 2 is 0.632 bits per heavy atom. The fourth-order valence-electron chi connectivity index (χ4n) is 5.03. The Balaban J connectivity index is 1.68. The predicted molar refractivity (Wildman–Crippen MR) is 86.3 cm³/mol. The molecule has 3 saturated carbocycles. The van der Waals surface area contributed by atoms with Crippen LogP contribution >= 0.6 is 0 Å². The van der Waals surface area contributed by atoms with Crippen molar-refractivity contribution in [3.63, 3.8) is 0 Å². The summed E-state index contributed by atoms with van der Waals surface area (Å²) >= 11 is -0.559. The van der Waals surface area contributed by atoms with Crippen LogP contribution < -0.4 is 0 Å². The van der Waals surface area contributed by atoms with E-state index in [-0.39, 0.29) is 0 Å². The molecule has 0 aromatic heterocycles. The Hall–Kier alpha value is 0.558. The molecule has 0 nitrogen and oxygen atoms in total. The first kappa shape index (κ1) is 14.5. The van der Waals surface area contributed by atoms with Gasteiger partial charge in [-0.25, -0.2) is 0 Å². The molecule has 0 aromatic carbocycles. The van der Waals surface area contributed by atoms with Gasteiger partial charge in [0.25, 0.3) is 0 Å². The zero-order valence-electron chi connectivity index (χ0n) is 12.8. The van der Waals surface area contributed by atoms with Crippen LogP contribution in [0.4, 0.5) is 0 Å². The molecule has 0 unspecified atom stereocenters. The van der Waals surface area contributed by atoms with Crippen LogP contribution in [0, 0.1) is 0 Å². The molecular formula is C18H33As. The monoisotopic (exact) mass is 324 g/mol. The summed E-state index contributed by atoms with van der Waals surface area (Å²) in [7, 11) is 0. The summed E-state index contributed by atoms with van der Waals surface area (Å²) in [6.07, 6.45) is 24.0. The Bertz CT molecular complexity index is 202. The molecule has 1 heteroatoms. The van der Waals surface area contributed by atoms with Gasteiger partial charge in [0.2, 0.25) is 0 Å². The van der Waals surface area contributed by atoms with Gasteiger partial charge in [0.15, 0.2) is 0 Å². The van der Waals surface area contributed by atoms with Crippen LogP contribution in [0.5, 0.6) is 0 Å².